The molecule has 1 amide bonds. The Hall–Kier alpha value is -2.30. The van der Waals surface area contributed by atoms with Crippen LogP contribution in [0.2, 0.25) is 5.15 Å². The third-order valence-electron chi connectivity index (χ3n) is 4.67. The Morgan fingerprint density at radius 2 is 1.83 bits per heavy atom. The van der Waals surface area contributed by atoms with E-state index in [1.807, 2.05) is 0 Å². The van der Waals surface area contributed by atoms with Gasteiger partial charge >= 0.3 is 0 Å². The van der Waals surface area contributed by atoms with Crippen LogP contribution in [0, 0.1) is 18.6 Å². The second kappa shape index (κ2) is 8.21. The minimum atomic E-state index is -3.97. The van der Waals surface area contributed by atoms with Crippen molar-refractivity contribution in [1.82, 2.24) is 19.0 Å². The monoisotopic (exact) mass is 444 g/mol. The number of nitrogens with zero attached hydrogens (tertiary/aromatic N) is 4. The molecule has 0 radical (unpaired) electrons. The highest BCUT2D eigenvalue weighted by molar-refractivity contribution is 7.89. The van der Waals surface area contributed by atoms with Gasteiger partial charge in [-0.15, -0.1) is 0 Å². The van der Waals surface area contributed by atoms with Crippen LogP contribution in [0.4, 0.5) is 8.78 Å². The predicted molar refractivity (Wildman–Crippen MR) is 104 cm³/mol. The van der Waals surface area contributed by atoms with Crippen molar-refractivity contribution in [2.75, 3.05) is 26.2 Å². The van der Waals surface area contributed by atoms with Crippen molar-refractivity contribution in [2.45, 2.75) is 11.8 Å². The highest BCUT2D eigenvalue weighted by Crippen LogP contribution is 2.22. The number of aromatic nitrogens is 2. The summed E-state index contributed by atoms with van der Waals surface area (Å²) in [6, 6.07) is 2.46. The Labute approximate surface area is 172 Å². The molecular formula is C18H19ClF2N4O3S. The molecule has 1 saturated heterocycles. The first-order valence-corrected chi connectivity index (χ1v) is 10.5. The van der Waals surface area contributed by atoms with Crippen molar-refractivity contribution in [2.24, 2.45) is 7.05 Å². The highest BCUT2D eigenvalue weighted by atomic mass is 35.5. The summed E-state index contributed by atoms with van der Waals surface area (Å²) in [4.78, 5) is 13.6. The van der Waals surface area contributed by atoms with Gasteiger partial charge in [0, 0.05) is 44.9 Å². The smallest absolute Gasteiger partial charge is 0.246 e. The van der Waals surface area contributed by atoms with Crippen LogP contribution in [0.5, 0.6) is 0 Å². The highest BCUT2D eigenvalue weighted by Gasteiger charge is 2.30. The van der Waals surface area contributed by atoms with Crippen LogP contribution >= 0.6 is 11.6 Å². The van der Waals surface area contributed by atoms with Crippen molar-refractivity contribution in [3.8, 4) is 0 Å². The molecule has 1 aliphatic heterocycles. The molecule has 0 unspecified atom stereocenters. The number of amides is 1. The summed E-state index contributed by atoms with van der Waals surface area (Å²) >= 11 is 6.13. The zero-order chi connectivity index (χ0) is 21.3. The van der Waals surface area contributed by atoms with Crippen molar-refractivity contribution in [3.63, 3.8) is 0 Å². The van der Waals surface area contributed by atoms with Crippen molar-refractivity contribution in [1.29, 1.82) is 0 Å². The summed E-state index contributed by atoms with van der Waals surface area (Å²) in [6.07, 6.45) is 2.95. The van der Waals surface area contributed by atoms with E-state index in [4.69, 9.17) is 11.6 Å². The number of rotatable bonds is 4. The lowest BCUT2D eigenvalue weighted by molar-refractivity contribution is -0.127. The predicted octanol–water partition coefficient (Wildman–Crippen LogP) is 2.21. The molecule has 156 valence electrons. The van der Waals surface area contributed by atoms with Crippen LogP contribution in [-0.4, -0.2) is 59.5 Å². The van der Waals surface area contributed by atoms with E-state index in [0.717, 1.165) is 16.4 Å². The minimum absolute atomic E-state index is 0.0492. The summed E-state index contributed by atoms with van der Waals surface area (Å²) in [6.45, 7) is 2.22. The van der Waals surface area contributed by atoms with Crippen molar-refractivity contribution >= 4 is 33.6 Å². The second-order valence-electron chi connectivity index (χ2n) is 6.55. The first-order chi connectivity index (χ1) is 13.6. The zero-order valence-corrected chi connectivity index (χ0v) is 17.3. The molecule has 0 saturated carbocycles. The average molecular weight is 445 g/mol. The molecule has 7 nitrogen and oxygen atoms in total. The number of carbonyl (C=O) groups excluding carboxylic acids is 1. The number of hydrogen-bond donors (Lipinski definition) is 0. The molecule has 1 fully saturated rings. The van der Waals surface area contributed by atoms with Gasteiger partial charge in [0.15, 0.2) is 11.6 Å². The van der Waals surface area contributed by atoms with Gasteiger partial charge in [0.2, 0.25) is 15.9 Å². The topological polar surface area (TPSA) is 75.5 Å². The first kappa shape index (κ1) is 21.4. The van der Waals surface area contributed by atoms with Gasteiger partial charge in [-0.2, -0.15) is 9.40 Å². The Kier molecular flexibility index (Phi) is 6.06. The van der Waals surface area contributed by atoms with E-state index in [9.17, 15) is 22.0 Å². The molecule has 1 aromatic carbocycles. The Morgan fingerprint density at radius 1 is 1.17 bits per heavy atom. The summed E-state index contributed by atoms with van der Waals surface area (Å²) in [7, 11) is -2.28. The van der Waals surface area contributed by atoms with Gasteiger partial charge in [-0.05, 0) is 31.2 Å². The molecule has 2 aromatic rings. The lowest BCUT2D eigenvalue weighted by Gasteiger charge is -2.33. The number of aryl methyl sites for hydroxylation is 2. The molecule has 2 heterocycles. The standard InChI is InChI=1S/C18H19ClF2N4O3S/c1-12-14(18(19)23(2)22-12)4-6-17(26)24-7-9-25(10-8-24)29(27,28)13-3-5-15(20)16(21)11-13/h3-6,11H,7-10H2,1-2H3/b6-4+. The van der Waals surface area contributed by atoms with E-state index in [1.165, 1.54) is 15.7 Å². The maximum atomic E-state index is 13.4. The molecule has 29 heavy (non-hydrogen) atoms. The molecule has 0 aliphatic carbocycles. The van der Waals surface area contributed by atoms with Crippen LogP contribution in [0.15, 0.2) is 29.2 Å². The van der Waals surface area contributed by atoms with Crippen LogP contribution in [0.25, 0.3) is 6.08 Å². The van der Waals surface area contributed by atoms with Gasteiger partial charge in [0.1, 0.15) is 5.15 Å². The average Bonchev–Trinajstić information content (AvgIpc) is 2.93. The summed E-state index contributed by atoms with van der Waals surface area (Å²) in [5.74, 6) is -2.63. The SMILES string of the molecule is Cc1nn(C)c(Cl)c1/C=C/C(=O)N1CCN(S(=O)(=O)c2ccc(F)c(F)c2)CC1. The van der Waals surface area contributed by atoms with E-state index in [0.29, 0.717) is 22.5 Å². The quantitative estimate of drug-likeness (QED) is 0.677. The fraction of sp³-hybridized carbons (Fsp3) is 0.333. The minimum Gasteiger partial charge on any atom is -0.337 e. The molecule has 1 aromatic heterocycles. The number of carbonyl (C=O) groups is 1. The van der Waals surface area contributed by atoms with E-state index >= 15 is 0 Å². The van der Waals surface area contributed by atoms with E-state index in [-0.39, 0.29) is 37.0 Å². The summed E-state index contributed by atoms with van der Waals surface area (Å²) < 4.78 is 54.3. The fourth-order valence-electron chi connectivity index (χ4n) is 3.03. The van der Waals surface area contributed by atoms with Gasteiger partial charge in [-0.1, -0.05) is 11.6 Å². The number of hydrogen-bond acceptors (Lipinski definition) is 4. The summed E-state index contributed by atoms with van der Waals surface area (Å²) in [5, 5.41) is 4.57. The lowest BCUT2D eigenvalue weighted by Crippen LogP contribution is -2.50. The Balaban J connectivity index is 1.66. The van der Waals surface area contributed by atoms with Gasteiger partial charge in [0.25, 0.3) is 0 Å². The van der Waals surface area contributed by atoms with Crippen LogP contribution in [0.3, 0.4) is 0 Å². The number of piperazine rings is 1. The number of sulfonamides is 1. The molecule has 0 N–H and O–H groups in total. The Bertz CT molecular complexity index is 1080. The second-order valence-corrected chi connectivity index (χ2v) is 8.85. The first-order valence-electron chi connectivity index (χ1n) is 8.72. The van der Waals surface area contributed by atoms with Gasteiger partial charge < -0.3 is 4.90 Å². The molecule has 0 bridgehead atoms. The van der Waals surface area contributed by atoms with Gasteiger partial charge in [-0.25, -0.2) is 17.2 Å². The van der Waals surface area contributed by atoms with E-state index in [2.05, 4.69) is 5.10 Å². The molecule has 0 spiro atoms. The Morgan fingerprint density at radius 3 is 2.38 bits per heavy atom. The van der Waals surface area contributed by atoms with Crippen LogP contribution in [0.1, 0.15) is 11.3 Å². The normalized spacial score (nSPS) is 16.0. The number of benzene rings is 1. The fourth-order valence-corrected chi connectivity index (χ4v) is 4.70. The van der Waals surface area contributed by atoms with Crippen molar-refractivity contribution < 1.29 is 22.0 Å². The van der Waals surface area contributed by atoms with Crippen LogP contribution in [-0.2, 0) is 21.9 Å². The van der Waals surface area contributed by atoms with Crippen molar-refractivity contribution in [3.05, 3.63) is 52.3 Å². The molecule has 0 atom stereocenters. The molecule has 3 rings (SSSR count). The molecule has 11 heteroatoms. The third-order valence-corrected chi connectivity index (χ3v) is 7.01. The summed E-state index contributed by atoms with van der Waals surface area (Å²) in [5.41, 5.74) is 1.33. The van der Waals surface area contributed by atoms with E-state index < -0.39 is 21.7 Å². The lowest BCUT2D eigenvalue weighted by atomic mass is 10.2. The van der Waals surface area contributed by atoms with Gasteiger partial charge in [0.05, 0.1) is 10.6 Å². The molecular weight excluding hydrogens is 426 g/mol. The van der Waals surface area contributed by atoms with Gasteiger partial charge in [-0.3, -0.25) is 9.48 Å². The van der Waals surface area contributed by atoms with Crippen LogP contribution < -0.4 is 0 Å². The van der Waals surface area contributed by atoms with E-state index in [1.54, 1.807) is 20.0 Å². The third kappa shape index (κ3) is 4.34. The largest absolute Gasteiger partial charge is 0.337 e. The maximum Gasteiger partial charge on any atom is 0.246 e. The zero-order valence-electron chi connectivity index (χ0n) is 15.8. The number of halogens is 3. The maximum absolute atomic E-state index is 13.4. The molecule has 1 aliphatic rings.